The van der Waals surface area contributed by atoms with Crippen LogP contribution in [-0.4, -0.2) is 58.0 Å². The number of hydrogen-bond acceptors (Lipinski definition) is 6. The molecule has 0 saturated carbocycles. The first-order valence-corrected chi connectivity index (χ1v) is 15.9. The van der Waals surface area contributed by atoms with E-state index in [0.29, 0.717) is 17.9 Å². The van der Waals surface area contributed by atoms with Gasteiger partial charge in [-0.3, -0.25) is 13.9 Å². The number of carbonyl (C=O) groups excluding carboxylic acids is 2. The Morgan fingerprint density at radius 3 is 2.12 bits per heavy atom. The standard InChI is InChI=1S/C33H43N3O6S/c1-8-25(5)34-33(38)29(9-2)35(21-26-12-10-11-24(4)19-26)32(37)22-36(27-15-13-23(3)14-16-27)43(39,40)28-17-18-30(41-6)31(20-28)42-7/h10-20,25,29H,8-9,21-22H2,1-7H3,(H,34,38). The third kappa shape index (κ3) is 8.28. The normalized spacial score (nSPS) is 12.6. The van der Waals surface area contributed by atoms with Crippen LogP contribution in [0.3, 0.4) is 0 Å². The predicted octanol–water partition coefficient (Wildman–Crippen LogP) is 5.24. The van der Waals surface area contributed by atoms with Crippen molar-refractivity contribution in [3.05, 3.63) is 83.4 Å². The van der Waals surface area contributed by atoms with Gasteiger partial charge in [-0.15, -0.1) is 0 Å². The molecule has 0 aliphatic heterocycles. The number of sulfonamides is 1. The monoisotopic (exact) mass is 609 g/mol. The van der Waals surface area contributed by atoms with E-state index in [1.807, 2.05) is 58.9 Å². The molecule has 2 amide bonds. The molecule has 1 N–H and O–H groups in total. The van der Waals surface area contributed by atoms with Crippen LogP contribution in [-0.2, 0) is 26.2 Å². The van der Waals surface area contributed by atoms with Crippen LogP contribution in [0, 0.1) is 13.8 Å². The maximum atomic E-state index is 14.2. The summed E-state index contributed by atoms with van der Waals surface area (Å²) in [5.74, 6) is -0.158. The first-order chi connectivity index (χ1) is 20.4. The number of aryl methyl sites for hydroxylation is 2. The van der Waals surface area contributed by atoms with E-state index in [2.05, 4.69) is 5.32 Å². The molecule has 0 bridgehead atoms. The lowest BCUT2D eigenvalue weighted by Crippen LogP contribution is -2.53. The van der Waals surface area contributed by atoms with Crippen molar-refractivity contribution in [3.63, 3.8) is 0 Å². The Bertz CT molecular complexity index is 1510. The molecular formula is C33H43N3O6S. The van der Waals surface area contributed by atoms with Crippen LogP contribution in [0.15, 0.2) is 71.6 Å². The summed E-state index contributed by atoms with van der Waals surface area (Å²) in [6.45, 7) is 9.20. The Morgan fingerprint density at radius 1 is 0.860 bits per heavy atom. The Kier molecular flexibility index (Phi) is 11.6. The lowest BCUT2D eigenvalue weighted by atomic mass is 10.1. The average molecular weight is 610 g/mol. The van der Waals surface area contributed by atoms with Crippen LogP contribution < -0.4 is 19.1 Å². The van der Waals surface area contributed by atoms with E-state index in [0.717, 1.165) is 27.4 Å². The number of carbonyl (C=O) groups is 2. The van der Waals surface area contributed by atoms with Crippen molar-refractivity contribution < 1.29 is 27.5 Å². The Labute approximate surface area is 255 Å². The molecule has 0 heterocycles. The van der Waals surface area contributed by atoms with Gasteiger partial charge in [0.05, 0.1) is 24.8 Å². The molecule has 0 aromatic heterocycles. The summed E-state index contributed by atoms with van der Waals surface area (Å²) < 4.78 is 40.1. The van der Waals surface area contributed by atoms with Gasteiger partial charge in [-0.25, -0.2) is 8.42 Å². The number of methoxy groups -OCH3 is 2. The van der Waals surface area contributed by atoms with Gasteiger partial charge < -0.3 is 19.7 Å². The fraction of sp³-hybridized carbons (Fsp3) is 0.394. The van der Waals surface area contributed by atoms with E-state index in [1.165, 1.54) is 37.3 Å². The molecule has 0 fully saturated rings. The van der Waals surface area contributed by atoms with E-state index >= 15 is 0 Å². The summed E-state index contributed by atoms with van der Waals surface area (Å²) >= 11 is 0. The number of nitrogens with one attached hydrogen (secondary N) is 1. The summed E-state index contributed by atoms with van der Waals surface area (Å²) in [6.07, 6.45) is 1.09. The van der Waals surface area contributed by atoms with Gasteiger partial charge in [0.1, 0.15) is 12.6 Å². The summed E-state index contributed by atoms with van der Waals surface area (Å²) in [6, 6.07) is 18.0. The Morgan fingerprint density at radius 2 is 1.53 bits per heavy atom. The number of hydrogen-bond donors (Lipinski definition) is 1. The van der Waals surface area contributed by atoms with Crippen LogP contribution in [0.5, 0.6) is 11.5 Å². The van der Waals surface area contributed by atoms with Gasteiger partial charge in [0.25, 0.3) is 10.0 Å². The van der Waals surface area contributed by atoms with Gasteiger partial charge >= 0.3 is 0 Å². The molecule has 10 heteroatoms. The first kappa shape index (κ1) is 33.5. The molecule has 0 aliphatic rings. The van der Waals surface area contributed by atoms with Crippen molar-refractivity contribution in [3.8, 4) is 11.5 Å². The van der Waals surface area contributed by atoms with Crippen molar-refractivity contribution in [2.24, 2.45) is 0 Å². The maximum Gasteiger partial charge on any atom is 0.264 e. The number of amides is 2. The first-order valence-electron chi connectivity index (χ1n) is 14.4. The molecule has 232 valence electrons. The van der Waals surface area contributed by atoms with E-state index < -0.39 is 28.5 Å². The van der Waals surface area contributed by atoms with Gasteiger partial charge in [-0.2, -0.15) is 0 Å². The zero-order valence-corrected chi connectivity index (χ0v) is 26.9. The van der Waals surface area contributed by atoms with E-state index in [9.17, 15) is 18.0 Å². The molecule has 2 atom stereocenters. The molecular weight excluding hydrogens is 566 g/mol. The van der Waals surface area contributed by atoms with Crippen LogP contribution in [0.2, 0.25) is 0 Å². The van der Waals surface area contributed by atoms with Gasteiger partial charge in [0.15, 0.2) is 11.5 Å². The zero-order valence-electron chi connectivity index (χ0n) is 26.1. The van der Waals surface area contributed by atoms with Crippen LogP contribution in [0.4, 0.5) is 5.69 Å². The fourth-order valence-electron chi connectivity index (χ4n) is 4.71. The average Bonchev–Trinajstić information content (AvgIpc) is 2.99. The predicted molar refractivity (Wildman–Crippen MR) is 169 cm³/mol. The summed E-state index contributed by atoms with van der Waals surface area (Å²) in [4.78, 5) is 29.1. The fourth-order valence-corrected chi connectivity index (χ4v) is 6.14. The quantitative estimate of drug-likeness (QED) is 0.268. The highest BCUT2D eigenvalue weighted by Crippen LogP contribution is 2.32. The van der Waals surface area contributed by atoms with Crippen molar-refractivity contribution in [1.29, 1.82) is 0 Å². The minimum atomic E-state index is -4.26. The highest BCUT2D eigenvalue weighted by atomic mass is 32.2. The lowest BCUT2D eigenvalue weighted by molar-refractivity contribution is -0.140. The van der Waals surface area contributed by atoms with E-state index in [-0.39, 0.29) is 29.1 Å². The minimum Gasteiger partial charge on any atom is -0.493 e. The summed E-state index contributed by atoms with van der Waals surface area (Å²) in [5.41, 5.74) is 3.11. The molecule has 0 radical (unpaired) electrons. The second kappa shape index (κ2) is 14.9. The third-order valence-corrected chi connectivity index (χ3v) is 9.14. The number of ether oxygens (including phenoxy) is 2. The van der Waals surface area contributed by atoms with Gasteiger partial charge in [-0.1, -0.05) is 61.4 Å². The molecule has 3 rings (SSSR count). The molecule has 0 saturated heterocycles. The largest absolute Gasteiger partial charge is 0.493 e. The van der Waals surface area contributed by atoms with Crippen LogP contribution in [0.25, 0.3) is 0 Å². The number of benzene rings is 3. The smallest absolute Gasteiger partial charge is 0.264 e. The molecule has 9 nitrogen and oxygen atoms in total. The van der Waals surface area contributed by atoms with Gasteiger partial charge in [0, 0.05) is 18.7 Å². The van der Waals surface area contributed by atoms with Crippen molar-refractivity contribution in [2.45, 2.75) is 71.0 Å². The summed E-state index contributed by atoms with van der Waals surface area (Å²) in [7, 11) is -1.37. The lowest BCUT2D eigenvalue weighted by Gasteiger charge is -2.34. The zero-order chi connectivity index (χ0) is 31.7. The van der Waals surface area contributed by atoms with E-state index in [1.54, 1.807) is 24.3 Å². The van der Waals surface area contributed by atoms with Crippen molar-refractivity contribution >= 4 is 27.5 Å². The highest BCUT2D eigenvalue weighted by Gasteiger charge is 2.34. The van der Waals surface area contributed by atoms with Crippen LogP contribution in [0.1, 0.15) is 50.3 Å². The van der Waals surface area contributed by atoms with Gasteiger partial charge in [-0.05, 0) is 63.4 Å². The number of rotatable bonds is 14. The molecule has 43 heavy (non-hydrogen) atoms. The minimum absolute atomic E-state index is 0.0645. The van der Waals surface area contributed by atoms with Gasteiger partial charge in [0.2, 0.25) is 11.8 Å². The maximum absolute atomic E-state index is 14.2. The highest BCUT2D eigenvalue weighted by molar-refractivity contribution is 7.92. The number of anilines is 1. The SMILES string of the molecule is CCC(C)NC(=O)C(CC)N(Cc1cccc(C)c1)C(=O)CN(c1ccc(C)cc1)S(=O)(=O)c1ccc(OC)c(OC)c1. The topological polar surface area (TPSA) is 105 Å². The number of nitrogens with zero attached hydrogens (tertiary/aromatic N) is 2. The summed E-state index contributed by atoms with van der Waals surface area (Å²) in [5, 5.41) is 2.99. The Balaban J connectivity index is 2.10. The van der Waals surface area contributed by atoms with Crippen molar-refractivity contribution in [1.82, 2.24) is 10.2 Å². The van der Waals surface area contributed by atoms with Crippen molar-refractivity contribution in [2.75, 3.05) is 25.1 Å². The second-order valence-electron chi connectivity index (χ2n) is 10.6. The molecule has 3 aromatic carbocycles. The third-order valence-electron chi connectivity index (χ3n) is 7.37. The molecule has 0 spiro atoms. The van der Waals surface area contributed by atoms with Crippen LogP contribution >= 0.6 is 0 Å². The van der Waals surface area contributed by atoms with E-state index in [4.69, 9.17) is 9.47 Å². The Hall–Kier alpha value is -4.05. The molecule has 3 aromatic rings. The second-order valence-corrected chi connectivity index (χ2v) is 12.5. The molecule has 2 unspecified atom stereocenters. The molecule has 0 aliphatic carbocycles.